The Kier molecular flexibility index (Phi) is 3.05. The quantitative estimate of drug-likeness (QED) is 0.901. The Morgan fingerprint density at radius 3 is 2.62 bits per heavy atom. The average Bonchev–Trinajstić information content (AvgIpc) is 2.21. The second-order valence-electron chi connectivity index (χ2n) is 4.53. The van der Waals surface area contributed by atoms with Crippen molar-refractivity contribution in [3.8, 4) is 6.07 Å². The molecule has 0 radical (unpaired) electrons. The number of hydrogen-bond acceptors (Lipinski definition) is 2. The summed E-state index contributed by atoms with van der Waals surface area (Å²) in [5.41, 5.74) is 1.42. The van der Waals surface area contributed by atoms with E-state index in [2.05, 4.69) is 22.0 Å². The molecule has 84 valence electrons. The van der Waals surface area contributed by atoms with Crippen molar-refractivity contribution in [2.45, 2.75) is 32.3 Å². The Labute approximate surface area is 104 Å². The fourth-order valence-corrected chi connectivity index (χ4v) is 2.50. The molecule has 0 aliphatic heterocycles. The van der Waals surface area contributed by atoms with Crippen LogP contribution in [0.5, 0.6) is 0 Å². The van der Waals surface area contributed by atoms with Gasteiger partial charge in [0, 0.05) is 4.47 Å². The van der Waals surface area contributed by atoms with Crippen molar-refractivity contribution in [2.24, 2.45) is 5.41 Å². The van der Waals surface area contributed by atoms with Gasteiger partial charge in [-0.3, -0.25) is 0 Å². The van der Waals surface area contributed by atoms with Crippen LogP contribution >= 0.6 is 15.9 Å². The van der Waals surface area contributed by atoms with Crippen molar-refractivity contribution >= 4 is 15.9 Å². The minimum Gasteiger partial charge on any atom is -0.387 e. The fraction of sp³-hybridized carbons (Fsp3) is 0.462. The number of aryl methyl sites for hydroxylation is 1. The first kappa shape index (κ1) is 11.6. The average molecular weight is 280 g/mol. The highest BCUT2D eigenvalue weighted by atomic mass is 79.9. The van der Waals surface area contributed by atoms with Crippen LogP contribution in [0.1, 0.15) is 36.5 Å². The molecule has 0 aromatic heterocycles. The Hall–Kier alpha value is -0.850. The number of rotatable bonds is 2. The zero-order valence-corrected chi connectivity index (χ0v) is 10.8. The molecule has 2 rings (SSSR count). The third kappa shape index (κ3) is 1.77. The minimum absolute atomic E-state index is 0.547. The van der Waals surface area contributed by atoms with Crippen LogP contribution in [0.2, 0.25) is 0 Å². The summed E-state index contributed by atoms with van der Waals surface area (Å²) in [7, 11) is 0. The number of aliphatic hydroxyl groups excluding tert-OH is 1. The van der Waals surface area contributed by atoms with Gasteiger partial charge in [0.2, 0.25) is 0 Å². The van der Waals surface area contributed by atoms with Gasteiger partial charge < -0.3 is 5.11 Å². The predicted octanol–water partition coefficient (Wildman–Crippen LogP) is 3.48. The van der Waals surface area contributed by atoms with E-state index in [1.54, 1.807) is 0 Å². The molecule has 1 saturated carbocycles. The van der Waals surface area contributed by atoms with Crippen molar-refractivity contribution in [1.82, 2.24) is 0 Å². The Balaban J connectivity index is 2.31. The third-order valence-electron chi connectivity index (χ3n) is 3.50. The van der Waals surface area contributed by atoms with Crippen LogP contribution in [0.3, 0.4) is 0 Å². The lowest BCUT2D eigenvalue weighted by Crippen LogP contribution is -2.34. The molecule has 1 aromatic rings. The normalized spacial score (nSPS) is 19.6. The minimum atomic E-state index is -0.664. The van der Waals surface area contributed by atoms with Crippen LogP contribution in [0, 0.1) is 23.7 Å². The van der Waals surface area contributed by atoms with Gasteiger partial charge in [0.05, 0.1) is 17.6 Å². The van der Waals surface area contributed by atoms with Crippen molar-refractivity contribution in [3.63, 3.8) is 0 Å². The molecule has 1 N–H and O–H groups in total. The Morgan fingerprint density at radius 1 is 1.50 bits per heavy atom. The van der Waals surface area contributed by atoms with E-state index in [4.69, 9.17) is 0 Å². The molecule has 0 saturated heterocycles. The van der Waals surface area contributed by atoms with Crippen LogP contribution in [0.4, 0.5) is 0 Å². The zero-order chi connectivity index (χ0) is 11.8. The smallest absolute Gasteiger partial charge is 0.0976 e. The molecular weight excluding hydrogens is 266 g/mol. The molecule has 16 heavy (non-hydrogen) atoms. The van der Waals surface area contributed by atoms with Gasteiger partial charge in [-0.2, -0.15) is 5.26 Å². The summed E-state index contributed by atoms with van der Waals surface area (Å²) in [5.74, 6) is 0. The molecule has 1 fully saturated rings. The highest BCUT2D eigenvalue weighted by Crippen LogP contribution is 2.49. The summed E-state index contributed by atoms with van der Waals surface area (Å²) >= 11 is 3.45. The molecule has 1 aliphatic carbocycles. The van der Waals surface area contributed by atoms with E-state index in [1.165, 1.54) is 0 Å². The second-order valence-corrected chi connectivity index (χ2v) is 5.39. The van der Waals surface area contributed by atoms with Gasteiger partial charge in [0.15, 0.2) is 0 Å². The van der Waals surface area contributed by atoms with Gasteiger partial charge in [-0.25, -0.2) is 0 Å². The zero-order valence-electron chi connectivity index (χ0n) is 9.20. The summed E-state index contributed by atoms with van der Waals surface area (Å²) < 4.78 is 0.983. The number of aliphatic hydroxyl groups is 1. The molecule has 1 atom stereocenters. The van der Waals surface area contributed by atoms with E-state index in [0.717, 1.165) is 34.9 Å². The van der Waals surface area contributed by atoms with Crippen LogP contribution in [0.25, 0.3) is 0 Å². The maximum atomic E-state index is 10.3. The third-order valence-corrected chi connectivity index (χ3v) is 4.36. The number of nitriles is 1. The van der Waals surface area contributed by atoms with E-state index < -0.39 is 11.5 Å². The topological polar surface area (TPSA) is 44.0 Å². The van der Waals surface area contributed by atoms with E-state index in [9.17, 15) is 10.4 Å². The van der Waals surface area contributed by atoms with E-state index in [0.29, 0.717) is 0 Å². The molecule has 1 aliphatic rings. The van der Waals surface area contributed by atoms with Gasteiger partial charge in [-0.15, -0.1) is 0 Å². The Bertz CT molecular complexity index is 446. The SMILES string of the molecule is Cc1ccc(C(O)C2(C#N)CCC2)cc1Br. The van der Waals surface area contributed by atoms with E-state index >= 15 is 0 Å². The highest BCUT2D eigenvalue weighted by Gasteiger charge is 2.44. The highest BCUT2D eigenvalue weighted by molar-refractivity contribution is 9.10. The van der Waals surface area contributed by atoms with Crippen LogP contribution in [-0.2, 0) is 0 Å². The molecular formula is C13H14BrNO. The van der Waals surface area contributed by atoms with Crippen molar-refractivity contribution in [1.29, 1.82) is 5.26 Å². The first-order chi connectivity index (χ1) is 7.59. The number of nitrogens with zero attached hydrogens (tertiary/aromatic N) is 1. The Morgan fingerprint density at radius 2 is 2.19 bits per heavy atom. The number of hydrogen-bond donors (Lipinski definition) is 1. The van der Waals surface area contributed by atoms with Crippen LogP contribution in [0.15, 0.2) is 22.7 Å². The molecule has 1 aromatic carbocycles. The second kappa shape index (κ2) is 4.20. The van der Waals surface area contributed by atoms with E-state index in [1.807, 2.05) is 25.1 Å². The first-order valence-electron chi connectivity index (χ1n) is 5.44. The van der Waals surface area contributed by atoms with Crippen LogP contribution in [-0.4, -0.2) is 5.11 Å². The summed E-state index contributed by atoms with van der Waals surface area (Å²) in [6.07, 6.45) is 1.98. The fourth-order valence-electron chi connectivity index (χ4n) is 2.10. The van der Waals surface area contributed by atoms with E-state index in [-0.39, 0.29) is 0 Å². The monoisotopic (exact) mass is 279 g/mol. The maximum absolute atomic E-state index is 10.3. The van der Waals surface area contributed by atoms with Crippen molar-refractivity contribution in [3.05, 3.63) is 33.8 Å². The molecule has 3 heteroatoms. The molecule has 1 unspecified atom stereocenters. The lowest BCUT2D eigenvalue weighted by Gasteiger charge is -2.39. The standard InChI is InChI=1S/C13H14BrNO/c1-9-3-4-10(7-11(9)14)12(16)13(8-15)5-2-6-13/h3-4,7,12,16H,2,5-6H2,1H3. The molecule has 0 heterocycles. The van der Waals surface area contributed by atoms with Crippen molar-refractivity contribution < 1.29 is 5.11 Å². The lowest BCUT2D eigenvalue weighted by atomic mass is 9.64. The number of halogens is 1. The summed E-state index contributed by atoms with van der Waals surface area (Å²) in [6.45, 7) is 2.00. The van der Waals surface area contributed by atoms with Gasteiger partial charge in [0.25, 0.3) is 0 Å². The largest absolute Gasteiger partial charge is 0.387 e. The van der Waals surface area contributed by atoms with Gasteiger partial charge >= 0.3 is 0 Å². The van der Waals surface area contributed by atoms with Gasteiger partial charge in [-0.05, 0) is 37.0 Å². The van der Waals surface area contributed by atoms with Gasteiger partial charge in [-0.1, -0.05) is 34.5 Å². The summed E-state index contributed by atoms with van der Waals surface area (Å²) in [6, 6.07) is 8.07. The molecule has 2 nitrogen and oxygen atoms in total. The summed E-state index contributed by atoms with van der Waals surface area (Å²) in [4.78, 5) is 0. The van der Waals surface area contributed by atoms with Crippen LogP contribution < -0.4 is 0 Å². The number of benzene rings is 1. The molecule has 0 spiro atoms. The van der Waals surface area contributed by atoms with Gasteiger partial charge in [0.1, 0.15) is 0 Å². The molecule has 0 bridgehead atoms. The van der Waals surface area contributed by atoms with Crippen molar-refractivity contribution in [2.75, 3.05) is 0 Å². The molecule has 0 amide bonds. The maximum Gasteiger partial charge on any atom is 0.0976 e. The predicted molar refractivity (Wildman–Crippen MR) is 65.7 cm³/mol. The lowest BCUT2D eigenvalue weighted by molar-refractivity contribution is 0.00791. The summed E-state index contributed by atoms with van der Waals surface area (Å²) in [5, 5.41) is 19.4. The first-order valence-corrected chi connectivity index (χ1v) is 6.24.